The molecule has 0 bridgehead atoms. The Morgan fingerprint density at radius 1 is 0.781 bits per heavy atom. The van der Waals surface area contributed by atoms with E-state index in [0.717, 1.165) is 49.2 Å². The number of carbonyl (C=O) groups excluding carboxylic acids is 1. The van der Waals surface area contributed by atoms with E-state index in [4.69, 9.17) is 0 Å². The molecule has 2 aliphatic rings. The minimum Gasteiger partial charge on any atom is -0.355 e. The van der Waals surface area contributed by atoms with Crippen molar-refractivity contribution >= 4 is 17.5 Å². The lowest BCUT2D eigenvalue weighted by molar-refractivity contribution is 0.0745. The molecule has 0 spiro atoms. The van der Waals surface area contributed by atoms with Gasteiger partial charge in [0.2, 0.25) is 0 Å². The predicted octanol–water partition coefficient (Wildman–Crippen LogP) is 2.92. The van der Waals surface area contributed by atoms with Crippen molar-refractivity contribution in [1.82, 2.24) is 24.9 Å². The summed E-state index contributed by atoms with van der Waals surface area (Å²) in [6.07, 6.45) is 5.44. The number of carbonyl (C=O) groups is 1. The zero-order valence-electron chi connectivity index (χ0n) is 18.5. The number of piperidine rings is 1. The molecule has 8 nitrogen and oxygen atoms in total. The Kier molecular flexibility index (Phi) is 5.75. The average Bonchev–Trinajstić information content (AvgIpc) is 3.26. The summed E-state index contributed by atoms with van der Waals surface area (Å²) >= 11 is 0. The minimum atomic E-state index is 0.0378. The highest BCUT2D eigenvalue weighted by Gasteiger charge is 2.26. The van der Waals surface area contributed by atoms with Crippen molar-refractivity contribution in [3.05, 3.63) is 59.9 Å². The molecule has 2 aromatic heterocycles. The van der Waals surface area contributed by atoms with Crippen molar-refractivity contribution in [3.63, 3.8) is 0 Å². The first-order chi connectivity index (χ1) is 15.7. The third-order valence-corrected chi connectivity index (χ3v) is 6.45. The van der Waals surface area contributed by atoms with Crippen LogP contribution in [0.4, 0.5) is 11.6 Å². The molecule has 0 atom stereocenters. The SMILES string of the molecule is Cc1c(C(=O)N2CCN(c3ccc(N4CCCCC4)nn3)CC2)cnn1-c1ccccc1. The lowest BCUT2D eigenvalue weighted by atomic mass is 10.1. The van der Waals surface area contributed by atoms with Gasteiger partial charge in [-0.1, -0.05) is 18.2 Å². The van der Waals surface area contributed by atoms with E-state index >= 15 is 0 Å². The summed E-state index contributed by atoms with van der Waals surface area (Å²) in [5.74, 6) is 1.88. The van der Waals surface area contributed by atoms with Gasteiger partial charge in [-0.05, 0) is 50.5 Å². The summed E-state index contributed by atoms with van der Waals surface area (Å²) in [5, 5.41) is 13.4. The molecule has 4 heterocycles. The minimum absolute atomic E-state index is 0.0378. The van der Waals surface area contributed by atoms with Gasteiger partial charge in [-0.3, -0.25) is 4.79 Å². The molecule has 0 radical (unpaired) electrons. The van der Waals surface area contributed by atoms with E-state index in [2.05, 4.69) is 37.2 Å². The van der Waals surface area contributed by atoms with E-state index in [0.29, 0.717) is 18.7 Å². The van der Waals surface area contributed by atoms with Crippen LogP contribution in [0, 0.1) is 6.92 Å². The van der Waals surface area contributed by atoms with Gasteiger partial charge in [0.1, 0.15) is 0 Å². The number of benzene rings is 1. The quantitative estimate of drug-likeness (QED) is 0.633. The van der Waals surface area contributed by atoms with Crippen LogP contribution in [0.5, 0.6) is 0 Å². The molecule has 2 fully saturated rings. The summed E-state index contributed by atoms with van der Waals surface area (Å²) in [6, 6.07) is 14.0. The smallest absolute Gasteiger partial charge is 0.257 e. The summed E-state index contributed by atoms with van der Waals surface area (Å²) in [4.78, 5) is 19.6. The van der Waals surface area contributed by atoms with Crippen LogP contribution in [0.15, 0.2) is 48.7 Å². The monoisotopic (exact) mass is 431 g/mol. The Morgan fingerprint density at radius 2 is 1.41 bits per heavy atom. The number of aromatic nitrogens is 4. The number of rotatable bonds is 4. The molecule has 2 saturated heterocycles. The van der Waals surface area contributed by atoms with Crippen LogP contribution in [-0.4, -0.2) is 70.1 Å². The van der Waals surface area contributed by atoms with Crippen LogP contribution in [-0.2, 0) is 0 Å². The second-order valence-electron chi connectivity index (χ2n) is 8.47. The zero-order valence-corrected chi connectivity index (χ0v) is 18.5. The van der Waals surface area contributed by atoms with Gasteiger partial charge in [0, 0.05) is 39.3 Å². The maximum atomic E-state index is 13.1. The molecule has 5 rings (SSSR count). The molecule has 0 saturated carbocycles. The first-order valence-corrected chi connectivity index (χ1v) is 11.4. The lowest BCUT2D eigenvalue weighted by Gasteiger charge is -2.35. The van der Waals surface area contributed by atoms with Gasteiger partial charge >= 0.3 is 0 Å². The Morgan fingerprint density at radius 3 is 2.03 bits per heavy atom. The number of hydrogen-bond acceptors (Lipinski definition) is 6. The van der Waals surface area contributed by atoms with Gasteiger partial charge in [0.15, 0.2) is 11.6 Å². The largest absolute Gasteiger partial charge is 0.355 e. The topological polar surface area (TPSA) is 70.4 Å². The number of hydrogen-bond donors (Lipinski definition) is 0. The van der Waals surface area contributed by atoms with E-state index in [-0.39, 0.29) is 5.91 Å². The van der Waals surface area contributed by atoms with Crippen molar-refractivity contribution in [2.45, 2.75) is 26.2 Å². The van der Waals surface area contributed by atoms with Crippen molar-refractivity contribution in [2.75, 3.05) is 49.1 Å². The maximum absolute atomic E-state index is 13.1. The third-order valence-electron chi connectivity index (χ3n) is 6.45. The van der Waals surface area contributed by atoms with Gasteiger partial charge in [-0.2, -0.15) is 5.10 Å². The van der Waals surface area contributed by atoms with Crippen LogP contribution >= 0.6 is 0 Å². The molecule has 2 aliphatic heterocycles. The second-order valence-corrected chi connectivity index (χ2v) is 8.47. The number of anilines is 2. The molecule has 0 unspecified atom stereocenters. The Labute approximate surface area is 188 Å². The Hall–Kier alpha value is -3.42. The second kappa shape index (κ2) is 8.98. The third kappa shape index (κ3) is 4.04. The molecule has 8 heteroatoms. The number of piperazine rings is 1. The van der Waals surface area contributed by atoms with E-state index in [1.54, 1.807) is 6.20 Å². The predicted molar refractivity (Wildman–Crippen MR) is 125 cm³/mol. The highest BCUT2D eigenvalue weighted by Crippen LogP contribution is 2.21. The molecular formula is C24H29N7O. The summed E-state index contributed by atoms with van der Waals surface area (Å²) < 4.78 is 1.82. The van der Waals surface area contributed by atoms with Crippen molar-refractivity contribution < 1.29 is 4.79 Å². The fraction of sp³-hybridized carbons (Fsp3) is 0.417. The number of nitrogens with zero attached hydrogens (tertiary/aromatic N) is 7. The molecule has 166 valence electrons. The Bertz CT molecular complexity index is 1050. The molecular weight excluding hydrogens is 402 g/mol. The average molecular weight is 432 g/mol. The van der Waals surface area contributed by atoms with E-state index in [9.17, 15) is 4.79 Å². The highest BCUT2D eigenvalue weighted by atomic mass is 16.2. The molecule has 1 amide bonds. The summed E-state index contributed by atoms with van der Waals surface area (Å²) in [5.41, 5.74) is 2.48. The molecule has 0 aliphatic carbocycles. The molecule has 32 heavy (non-hydrogen) atoms. The molecule has 0 N–H and O–H groups in total. The summed E-state index contributed by atoms with van der Waals surface area (Å²) in [7, 11) is 0. The van der Waals surface area contributed by atoms with E-state index in [1.807, 2.05) is 46.8 Å². The number of amides is 1. The highest BCUT2D eigenvalue weighted by molar-refractivity contribution is 5.95. The summed E-state index contributed by atoms with van der Waals surface area (Å²) in [6.45, 7) is 6.88. The van der Waals surface area contributed by atoms with E-state index in [1.165, 1.54) is 19.3 Å². The number of para-hydroxylation sites is 1. The van der Waals surface area contributed by atoms with Gasteiger partial charge in [-0.15, -0.1) is 10.2 Å². The molecule has 1 aromatic carbocycles. The van der Waals surface area contributed by atoms with Crippen LogP contribution in [0.2, 0.25) is 0 Å². The van der Waals surface area contributed by atoms with Crippen LogP contribution < -0.4 is 9.80 Å². The van der Waals surface area contributed by atoms with Crippen LogP contribution in [0.25, 0.3) is 5.69 Å². The normalized spacial score (nSPS) is 17.0. The first kappa shape index (κ1) is 20.5. The van der Waals surface area contributed by atoms with Gasteiger partial charge in [-0.25, -0.2) is 4.68 Å². The standard InChI is InChI=1S/C24H29N7O/c1-19-21(18-25-31(19)20-8-4-2-5-9-20)24(32)30-16-14-29(15-17-30)23-11-10-22(26-27-23)28-12-6-3-7-13-28/h2,4-5,8-11,18H,3,6-7,12-17H2,1H3. The lowest BCUT2D eigenvalue weighted by Crippen LogP contribution is -2.49. The fourth-order valence-corrected chi connectivity index (χ4v) is 4.54. The maximum Gasteiger partial charge on any atom is 0.257 e. The first-order valence-electron chi connectivity index (χ1n) is 11.4. The van der Waals surface area contributed by atoms with Crippen molar-refractivity contribution in [2.24, 2.45) is 0 Å². The molecule has 3 aromatic rings. The van der Waals surface area contributed by atoms with Gasteiger partial charge in [0.25, 0.3) is 5.91 Å². The zero-order chi connectivity index (χ0) is 21.9. The Balaban J connectivity index is 1.21. The van der Waals surface area contributed by atoms with Gasteiger partial charge in [0.05, 0.1) is 23.1 Å². The van der Waals surface area contributed by atoms with E-state index < -0.39 is 0 Å². The van der Waals surface area contributed by atoms with Crippen molar-refractivity contribution in [1.29, 1.82) is 0 Å². The van der Waals surface area contributed by atoms with Crippen LogP contribution in [0.3, 0.4) is 0 Å². The van der Waals surface area contributed by atoms with Crippen molar-refractivity contribution in [3.8, 4) is 5.69 Å². The fourth-order valence-electron chi connectivity index (χ4n) is 4.54. The van der Waals surface area contributed by atoms with Gasteiger partial charge < -0.3 is 14.7 Å². The van der Waals surface area contributed by atoms with Crippen LogP contribution in [0.1, 0.15) is 35.3 Å².